The monoisotopic (exact) mass is 485 g/mol. The highest BCUT2D eigenvalue weighted by Gasteiger charge is 2.67. The maximum absolute atomic E-state index is 15.7. The molecule has 35 heavy (non-hydrogen) atoms. The minimum Gasteiger partial charge on any atom is -0.484 e. The molecule has 0 N–H and O–H groups in total. The Bertz CT molecular complexity index is 1170. The van der Waals surface area contributed by atoms with Crippen molar-refractivity contribution in [2.75, 3.05) is 0 Å². The highest BCUT2D eigenvalue weighted by atomic mass is 32.2. The Balaban J connectivity index is 1.20. The van der Waals surface area contributed by atoms with E-state index in [1.165, 1.54) is 35.5 Å². The van der Waals surface area contributed by atoms with Crippen LogP contribution in [0.4, 0.5) is 4.39 Å². The lowest BCUT2D eigenvalue weighted by atomic mass is 9.65. The summed E-state index contributed by atoms with van der Waals surface area (Å²) in [5, 5.41) is 0. The summed E-state index contributed by atoms with van der Waals surface area (Å²) in [5.74, 6) is 5.29. The fourth-order valence-electron chi connectivity index (χ4n) is 8.72. The number of hydrogen-bond acceptors (Lipinski definition) is 1. The van der Waals surface area contributed by atoms with Gasteiger partial charge in [-0.3, -0.25) is 0 Å². The molecule has 4 fully saturated rings. The molecule has 4 aliphatic rings. The highest BCUT2D eigenvalue weighted by molar-refractivity contribution is 7.97. The number of benzene rings is 3. The van der Waals surface area contributed by atoms with E-state index in [-0.39, 0.29) is 22.3 Å². The molecule has 4 aliphatic carbocycles. The number of ether oxygens (including phenoxy) is 1. The summed E-state index contributed by atoms with van der Waals surface area (Å²) in [7, 11) is -0.351. The van der Waals surface area contributed by atoms with Gasteiger partial charge in [-0.25, -0.2) is 4.39 Å². The lowest BCUT2D eigenvalue weighted by Gasteiger charge is -2.46. The van der Waals surface area contributed by atoms with Crippen molar-refractivity contribution in [2.45, 2.75) is 65.7 Å². The van der Waals surface area contributed by atoms with Crippen molar-refractivity contribution in [2.24, 2.45) is 35.5 Å². The van der Waals surface area contributed by atoms with Crippen molar-refractivity contribution in [3.8, 4) is 5.75 Å². The van der Waals surface area contributed by atoms with Gasteiger partial charge < -0.3 is 4.74 Å². The van der Waals surface area contributed by atoms with E-state index in [1.807, 2.05) is 18.2 Å². The molecule has 7 atom stereocenters. The van der Waals surface area contributed by atoms with Gasteiger partial charge in [0.15, 0.2) is 26.3 Å². The zero-order chi connectivity index (χ0) is 23.6. The lowest BCUT2D eigenvalue weighted by molar-refractivity contribution is -0.0485. The first-order chi connectivity index (χ1) is 17.2. The summed E-state index contributed by atoms with van der Waals surface area (Å²) in [6.45, 7) is 2.26. The van der Waals surface area contributed by atoms with Crippen LogP contribution in [0.2, 0.25) is 0 Å². The van der Waals surface area contributed by atoms with E-state index in [4.69, 9.17) is 4.74 Å². The predicted octanol–water partition coefficient (Wildman–Crippen LogP) is 8.15. The molecule has 4 bridgehead atoms. The Morgan fingerprint density at radius 1 is 0.800 bits per heavy atom. The molecule has 7 rings (SSSR count). The normalized spacial score (nSPS) is 34.5. The number of hydrogen-bond donors (Lipinski definition) is 0. The maximum atomic E-state index is 15.7. The Hall–Kier alpha value is -2.26. The molecule has 3 heteroatoms. The van der Waals surface area contributed by atoms with Gasteiger partial charge in [-0.05, 0) is 105 Å². The zero-order valence-electron chi connectivity index (χ0n) is 20.4. The molecule has 4 saturated carbocycles. The summed E-state index contributed by atoms with van der Waals surface area (Å²) < 4.78 is 22.5. The zero-order valence-corrected chi connectivity index (χ0v) is 21.2. The van der Waals surface area contributed by atoms with E-state index in [2.05, 4.69) is 61.5 Å². The van der Waals surface area contributed by atoms with Gasteiger partial charge in [0, 0.05) is 12.0 Å². The number of fused-ring (bicyclic) bond motifs is 9. The first-order valence-corrected chi connectivity index (χ1v) is 14.7. The highest BCUT2D eigenvalue weighted by Crippen LogP contribution is 2.70. The third kappa shape index (κ3) is 3.41. The van der Waals surface area contributed by atoms with Gasteiger partial charge in [0.25, 0.3) is 0 Å². The second-order valence-electron chi connectivity index (χ2n) is 11.3. The second kappa shape index (κ2) is 8.40. The molecule has 0 spiro atoms. The Morgan fingerprint density at radius 2 is 1.46 bits per heavy atom. The van der Waals surface area contributed by atoms with E-state index in [9.17, 15) is 0 Å². The molecule has 3 aromatic carbocycles. The summed E-state index contributed by atoms with van der Waals surface area (Å²) in [6.07, 6.45) is 7.73. The summed E-state index contributed by atoms with van der Waals surface area (Å²) >= 11 is 0. The molecular formula is C32H34FOS+. The molecule has 7 unspecified atom stereocenters. The van der Waals surface area contributed by atoms with E-state index in [0.29, 0.717) is 11.7 Å². The van der Waals surface area contributed by atoms with Gasteiger partial charge in [0.05, 0.1) is 10.9 Å². The first-order valence-electron chi connectivity index (χ1n) is 13.5. The Morgan fingerprint density at radius 3 is 2.09 bits per heavy atom. The topological polar surface area (TPSA) is 9.23 Å². The summed E-state index contributed by atoms with van der Waals surface area (Å²) in [5.41, 5.74) is -0.181. The SMILES string of the molecule is CCC1(Oc2ccc([S+](c3ccccc3)c3ccccc3)cc2F)CC2CC1C1C3CCC(C3)C21. The van der Waals surface area contributed by atoms with Crippen LogP contribution in [-0.2, 0) is 10.9 Å². The van der Waals surface area contributed by atoms with Gasteiger partial charge in [0.1, 0.15) is 5.60 Å². The van der Waals surface area contributed by atoms with Crippen molar-refractivity contribution >= 4 is 10.9 Å². The van der Waals surface area contributed by atoms with Crippen LogP contribution in [0.15, 0.2) is 93.5 Å². The third-order valence-electron chi connectivity index (χ3n) is 9.90. The fourth-order valence-corrected chi connectivity index (χ4v) is 10.8. The van der Waals surface area contributed by atoms with Crippen LogP contribution in [0.25, 0.3) is 0 Å². The van der Waals surface area contributed by atoms with E-state index in [1.54, 1.807) is 6.07 Å². The van der Waals surface area contributed by atoms with Crippen molar-refractivity contribution in [1.29, 1.82) is 0 Å². The van der Waals surface area contributed by atoms with Crippen LogP contribution >= 0.6 is 0 Å². The second-order valence-corrected chi connectivity index (χ2v) is 13.4. The number of halogens is 1. The van der Waals surface area contributed by atoms with Crippen LogP contribution in [0, 0.1) is 41.3 Å². The molecule has 0 aromatic heterocycles. The third-order valence-corrected chi connectivity index (χ3v) is 12.1. The van der Waals surface area contributed by atoms with Crippen LogP contribution in [0.1, 0.15) is 45.4 Å². The van der Waals surface area contributed by atoms with Gasteiger partial charge in [-0.15, -0.1) is 0 Å². The van der Waals surface area contributed by atoms with Gasteiger partial charge in [-0.2, -0.15) is 0 Å². The lowest BCUT2D eigenvalue weighted by Crippen LogP contribution is -2.48. The summed E-state index contributed by atoms with van der Waals surface area (Å²) in [4.78, 5) is 3.40. The molecule has 0 saturated heterocycles. The minimum atomic E-state index is -0.351. The van der Waals surface area contributed by atoms with Crippen LogP contribution in [0.3, 0.4) is 0 Å². The fraction of sp³-hybridized carbons (Fsp3) is 0.438. The Labute approximate surface area is 211 Å². The van der Waals surface area contributed by atoms with Gasteiger partial charge in [0.2, 0.25) is 0 Å². The van der Waals surface area contributed by atoms with Crippen molar-refractivity contribution in [1.82, 2.24) is 0 Å². The van der Waals surface area contributed by atoms with Crippen LogP contribution < -0.4 is 4.74 Å². The number of rotatable bonds is 6. The molecule has 3 aromatic rings. The molecular weight excluding hydrogens is 451 g/mol. The first kappa shape index (κ1) is 22.0. The average molecular weight is 486 g/mol. The van der Waals surface area contributed by atoms with Gasteiger partial charge in [-0.1, -0.05) is 43.3 Å². The predicted molar refractivity (Wildman–Crippen MR) is 139 cm³/mol. The molecule has 180 valence electrons. The maximum Gasteiger partial charge on any atom is 0.170 e. The largest absolute Gasteiger partial charge is 0.484 e. The van der Waals surface area contributed by atoms with Crippen LogP contribution in [-0.4, -0.2) is 5.60 Å². The smallest absolute Gasteiger partial charge is 0.170 e. The average Bonchev–Trinajstić information content (AvgIpc) is 3.67. The van der Waals surface area contributed by atoms with E-state index in [0.717, 1.165) is 47.3 Å². The standard InChI is InChI=1S/C32H34FOS/c1-2-32(20-23-18-27(32)31-22-14-13-21(17-22)30(23)31)34-29-16-15-26(19-28(29)33)35(24-9-5-3-6-10-24)25-11-7-4-8-12-25/h3-12,15-16,19,21-23,27,30-31H,2,13-14,17-18,20H2,1H3/q+1. The van der Waals surface area contributed by atoms with Gasteiger partial charge >= 0.3 is 0 Å². The van der Waals surface area contributed by atoms with Crippen molar-refractivity contribution < 1.29 is 9.13 Å². The van der Waals surface area contributed by atoms with Crippen molar-refractivity contribution in [3.05, 3.63) is 84.7 Å². The summed E-state index contributed by atoms with van der Waals surface area (Å²) in [6, 6.07) is 26.6. The minimum absolute atomic E-state index is 0.181. The quantitative estimate of drug-likeness (QED) is 0.253. The molecule has 0 radical (unpaired) electrons. The molecule has 0 amide bonds. The molecule has 0 heterocycles. The van der Waals surface area contributed by atoms with Crippen molar-refractivity contribution in [3.63, 3.8) is 0 Å². The van der Waals surface area contributed by atoms with E-state index >= 15 is 4.39 Å². The Kier molecular flexibility index (Phi) is 5.28. The van der Waals surface area contributed by atoms with E-state index < -0.39 is 0 Å². The molecule has 1 nitrogen and oxygen atoms in total. The molecule has 0 aliphatic heterocycles. The van der Waals surface area contributed by atoms with Crippen LogP contribution in [0.5, 0.6) is 5.75 Å².